The second-order valence-electron chi connectivity index (χ2n) is 20.4. The van der Waals surface area contributed by atoms with E-state index in [4.69, 9.17) is 0 Å². The van der Waals surface area contributed by atoms with Crippen LogP contribution in [-0.4, -0.2) is 85.8 Å². The fourth-order valence-corrected chi connectivity index (χ4v) is 9.79. The standard InChI is InChI=1S/C58H107N5O4/c1-3-5-7-9-11-13-15-17-19-21-22-23-24-25-26-28-30-32-34-36-38-40-42-54-52-56(65)63(58(54)67)50-48-61-46-44-59-43-45-60-47-49-62-55(64)51-53(57(62)66)41-39-37-35-33-31-29-27-20-18-16-14-12-10-8-6-4-2/h39-42,53-54,59-61H,3-38,43-52H2,1-2H3/b41-39+,42-40+. The summed E-state index contributed by atoms with van der Waals surface area (Å²) in [6.07, 6.45) is 57.3. The molecule has 2 heterocycles. The number of hydrogen-bond donors (Lipinski definition) is 3. The van der Waals surface area contributed by atoms with E-state index in [1.165, 1.54) is 215 Å². The van der Waals surface area contributed by atoms with Crippen LogP contribution in [0.25, 0.3) is 0 Å². The molecule has 2 saturated heterocycles. The first kappa shape index (κ1) is 60.8. The second kappa shape index (κ2) is 44.8. The number of allylic oxidation sites excluding steroid dienone is 2. The van der Waals surface area contributed by atoms with Gasteiger partial charge in [-0.25, -0.2) is 0 Å². The minimum Gasteiger partial charge on any atom is -0.314 e. The molecule has 2 aliphatic rings. The van der Waals surface area contributed by atoms with Crippen LogP contribution in [0.15, 0.2) is 24.3 Å². The lowest BCUT2D eigenvalue weighted by Gasteiger charge is -2.15. The molecule has 2 aliphatic heterocycles. The molecular formula is C58H107N5O4. The molecule has 9 heteroatoms. The number of rotatable bonds is 50. The molecule has 2 rings (SSSR count). The lowest BCUT2D eigenvalue weighted by Crippen LogP contribution is -2.40. The second-order valence-corrected chi connectivity index (χ2v) is 20.4. The fourth-order valence-electron chi connectivity index (χ4n) is 9.79. The quantitative estimate of drug-likeness (QED) is 0.0316. The maximum absolute atomic E-state index is 12.9. The third kappa shape index (κ3) is 33.0. The van der Waals surface area contributed by atoms with E-state index in [-0.39, 0.29) is 35.5 Å². The van der Waals surface area contributed by atoms with Crippen molar-refractivity contribution in [2.24, 2.45) is 11.8 Å². The van der Waals surface area contributed by atoms with Crippen LogP contribution in [0.3, 0.4) is 0 Å². The minimum atomic E-state index is -0.305. The molecule has 0 bridgehead atoms. The number of imide groups is 2. The lowest BCUT2D eigenvalue weighted by molar-refractivity contribution is -0.140. The molecule has 388 valence electrons. The first-order valence-corrected chi connectivity index (χ1v) is 29.1. The maximum Gasteiger partial charge on any atom is 0.236 e. The molecular weight excluding hydrogens is 831 g/mol. The van der Waals surface area contributed by atoms with E-state index in [2.05, 4.69) is 41.9 Å². The molecule has 0 aliphatic carbocycles. The Morgan fingerprint density at radius 1 is 0.358 bits per heavy atom. The Morgan fingerprint density at radius 2 is 0.597 bits per heavy atom. The highest BCUT2D eigenvalue weighted by Crippen LogP contribution is 2.23. The predicted octanol–water partition coefficient (Wildman–Crippen LogP) is 13.7. The first-order chi connectivity index (χ1) is 33.0. The van der Waals surface area contributed by atoms with Gasteiger partial charge in [0.25, 0.3) is 0 Å². The van der Waals surface area contributed by atoms with Crippen molar-refractivity contribution in [1.82, 2.24) is 25.8 Å². The van der Waals surface area contributed by atoms with Crippen molar-refractivity contribution >= 4 is 23.6 Å². The summed E-state index contributed by atoms with van der Waals surface area (Å²) < 4.78 is 0. The van der Waals surface area contributed by atoms with Gasteiger partial charge in [-0.15, -0.1) is 0 Å². The summed E-state index contributed by atoms with van der Waals surface area (Å²) >= 11 is 0. The van der Waals surface area contributed by atoms with Gasteiger partial charge in [0.2, 0.25) is 23.6 Å². The summed E-state index contributed by atoms with van der Waals surface area (Å²) in [5, 5.41) is 10.1. The summed E-state index contributed by atoms with van der Waals surface area (Å²) in [6, 6.07) is 0. The van der Waals surface area contributed by atoms with E-state index in [9.17, 15) is 19.2 Å². The third-order valence-corrected chi connectivity index (χ3v) is 14.2. The van der Waals surface area contributed by atoms with Crippen molar-refractivity contribution in [1.29, 1.82) is 0 Å². The molecule has 3 N–H and O–H groups in total. The summed E-state index contributed by atoms with van der Waals surface area (Å²) in [5.74, 6) is -0.863. The van der Waals surface area contributed by atoms with Crippen molar-refractivity contribution in [2.45, 2.75) is 258 Å². The SMILES string of the molecule is CCCCCCCCCCCCCCCC/C=C/C1CC(=O)N(CCNCCNCCNCCN2C(=O)CC(/C=C/CCCCCCCCCCCCCCCCCCCCCC)C2=O)C1=O. The highest BCUT2D eigenvalue weighted by atomic mass is 16.2. The summed E-state index contributed by atoms with van der Waals surface area (Å²) in [6.45, 7) is 9.57. The molecule has 67 heavy (non-hydrogen) atoms. The van der Waals surface area contributed by atoms with Crippen LogP contribution in [0.1, 0.15) is 258 Å². The number of nitrogens with one attached hydrogen (secondary N) is 3. The Bertz CT molecular complexity index is 1270. The van der Waals surface area contributed by atoms with Crippen LogP contribution in [0, 0.1) is 11.8 Å². The molecule has 2 unspecified atom stereocenters. The largest absolute Gasteiger partial charge is 0.314 e. The molecule has 0 aromatic heterocycles. The molecule has 0 saturated carbocycles. The lowest BCUT2D eigenvalue weighted by atomic mass is 10.0. The van der Waals surface area contributed by atoms with Crippen LogP contribution < -0.4 is 16.0 Å². The Morgan fingerprint density at radius 3 is 0.866 bits per heavy atom. The van der Waals surface area contributed by atoms with Gasteiger partial charge < -0.3 is 16.0 Å². The average molecular weight is 939 g/mol. The summed E-state index contributed by atoms with van der Waals surface area (Å²) in [5.41, 5.74) is 0. The van der Waals surface area contributed by atoms with Gasteiger partial charge in [-0.05, 0) is 25.7 Å². The van der Waals surface area contributed by atoms with Gasteiger partial charge in [0.15, 0.2) is 0 Å². The van der Waals surface area contributed by atoms with Crippen molar-refractivity contribution in [3.8, 4) is 0 Å². The van der Waals surface area contributed by atoms with E-state index < -0.39 is 0 Å². The molecule has 2 atom stereocenters. The van der Waals surface area contributed by atoms with Crippen molar-refractivity contribution in [2.75, 3.05) is 52.4 Å². The van der Waals surface area contributed by atoms with E-state index >= 15 is 0 Å². The zero-order valence-corrected chi connectivity index (χ0v) is 44.0. The number of carbonyl (C=O) groups is 4. The maximum atomic E-state index is 12.9. The van der Waals surface area contributed by atoms with Gasteiger partial charge in [0.05, 0.1) is 11.8 Å². The molecule has 0 radical (unpaired) electrons. The Labute approximate surface area is 413 Å². The zero-order valence-electron chi connectivity index (χ0n) is 44.0. The van der Waals surface area contributed by atoms with Crippen molar-refractivity contribution in [3.05, 3.63) is 24.3 Å². The average Bonchev–Trinajstić information content (AvgIpc) is 3.76. The highest BCUT2D eigenvalue weighted by molar-refractivity contribution is 6.05. The van der Waals surface area contributed by atoms with Gasteiger partial charge in [-0.2, -0.15) is 0 Å². The molecule has 4 amide bonds. The topological polar surface area (TPSA) is 111 Å². The van der Waals surface area contributed by atoms with Crippen molar-refractivity contribution in [3.63, 3.8) is 0 Å². The highest BCUT2D eigenvalue weighted by Gasteiger charge is 2.37. The molecule has 2 fully saturated rings. The zero-order chi connectivity index (χ0) is 48.1. The van der Waals surface area contributed by atoms with Gasteiger partial charge in [-0.3, -0.25) is 29.0 Å². The van der Waals surface area contributed by atoms with Crippen LogP contribution in [0.4, 0.5) is 0 Å². The van der Waals surface area contributed by atoms with Gasteiger partial charge in [0, 0.05) is 65.2 Å². The number of hydrogen-bond acceptors (Lipinski definition) is 7. The smallest absolute Gasteiger partial charge is 0.236 e. The number of unbranched alkanes of at least 4 members (excludes halogenated alkanes) is 34. The molecule has 9 nitrogen and oxygen atoms in total. The number of amides is 4. The summed E-state index contributed by atoms with van der Waals surface area (Å²) in [7, 11) is 0. The first-order valence-electron chi connectivity index (χ1n) is 29.1. The van der Waals surface area contributed by atoms with Gasteiger partial charge in [-0.1, -0.05) is 244 Å². The van der Waals surface area contributed by atoms with E-state index in [0.717, 1.165) is 51.9 Å². The van der Waals surface area contributed by atoms with Crippen LogP contribution in [0.5, 0.6) is 0 Å². The Hall–Kier alpha value is -2.36. The van der Waals surface area contributed by atoms with E-state index in [1.807, 2.05) is 12.2 Å². The monoisotopic (exact) mass is 938 g/mol. The minimum absolute atomic E-state index is 0.0598. The number of carbonyl (C=O) groups excluding carboxylic acids is 4. The molecule has 0 spiro atoms. The van der Waals surface area contributed by atoms with Crippen molar-refractivity contribution < 1.29 is 19.2 Å². The molecule has 0 aromatic rings. The van der Waals surface area contributed by atoms with Gasteiger partial charge in [0.1, 0.15) is 0 Å². The number of nitrogens with zero attached hydrogens (tertiary/aromatic N) is 2. The number of likely N-dealkylation sites (tertiary alicyclic amines) is 2. The fraction of sp³-hybridized carbons (Fsp3) is 0.862. The Balaban J connectivity index is 1.34. The predicted molar refractivity (Wildman–Crippen MR) is 284 cm³/mol. The summed E-state index contributed by atoms with van der Waals surface area (Å²) in [4.78, 5) is 53.7. The Kier molecular flexibility index (Phi) is 40.6. The van der Waals surface area contributed by atoms with E-state index in [1.54, 1.807) is 0 Å². The van der Waals surface area contributed by atoms with Crippen LogP contribution >= 0.6 is 0 Å². The third-order valence-electron chi connectivity index (χ3n) is 14.2. The normalized spacial score (nSPS) is 16.7. The van der Waals surface area contributed by atoms with Crippen LogP contribution in [0.2, 0.25) is 0 Å². The molecule has 0 aromatic carbocycles. The van der Waals surface area contributed by atoms with Gasteiger partial charge >= 0.3 is 0 Å². The van der Waals surface area contributed by atoms with E-state index in [0.29, 0.717) is 39.0 Å². The van der Waals surface area contributed by atoms with Crippen LogP contribution in [-0.2, 0) is 19.2 Å².